The average molecular weight is 482 g/mol. The van der Waals surface area contributed by atoms with Crippen LogP contribution in [0.4, 0.5) is 17.5 Å². The number of carbonyl (C=O) groups excluding carboxylic acids is 1. The van der Waals surface area contributed by atoms with Gasteiger partial charge in [0, 0.05) is 43.4 Å². The molecule has 1 atom stereocenters. The normalized spacial score (nSPS) is 17.4. The topological polar surface area (TPSA) is 118 Å². The molecular formula is C26H39N7O2. The number of fused-ring (bicyclic) bond motifs is 1. The molecule has 4 rings (SSSR count). The van der Waals surface area contributed by atoms with E-state index in [2.05, 4.69) is 32.7 Å². The van der Waals surface area contributed by atoms with Crippen LogP contribution in [0.15, 0.2) is 12.1 Å². The van der Waals surface area contributed by atoms with Crippen molar-refractivity contribution in [2.75, 3.05) is 41.7 Å². The highest BCUT2D eigenvalue weighted by Crippen LogP contribution is 2.33. The van der Waals surface area contributed by atoms with Crippen LogP contribution in [0.25, 0.3) is 0 Å². The summed E-state index contributed by atoms with van der Waals surface area (Å²) in [5.41, 5.74) is 8.96. The molecule has 1 fully saturated rings. The van der Waals surface area contributed by atoms with Crippen molar-refractivity contribution in [1.82, 2.24) is 15.0 Å². The first-order chi connectivity index (χ1) is 16.6. The number of nitrogens with one attached hydrogen (secondary N) is 2. The number of aryl methyl sites for hydroxylation is 2. The zero-order chi connectivity index (χ0) is 25.2. The fourth-order valence-corrected chi connectivity index (χ4v) is 4.72. The zero-order valence-electron chi connectivity index (χ0n) is 21.6. The van der Waals surface area contributed by atoms with Crippen LogP contribution in [0.5, 0.6) is 0 Å². The molecule has 0 bridgehead atoms. The Bertz CT molecular complexity index is 1060. The molecule has 9 nitrogen and oxygen atoms in total. The van der Waals surface area contributed by atoms with Gasteiger partial charge in [0.1, 0.15) is 34.9 Å². The van der Waals surface area contributed by atoms with Gasteiger partial charge in [-0.25, -0.2) is 15.0 Å². The van der Waals surface area contributed by atoms with Gasteiger partial charge < -0.3 is 26.0 Å². The molecule has 0 aliphatic carbocycles. The third-order valence-electron chi connectivity index (χ3n) is 6.56. The second-order valence-electron chi connectivity index (χ2n) is 10.6. The number of rotatable bonds is 6. The molecule has 0 radical (unpaired) electrons. The highest BCUT2D eigenvalue weighted by Gasteiger charge is 2.26. The number of piperidine rings is 1. The molecule has 4 heterocycles. The smallest absolute Gasteiger partial charge is 0.325 e. The predicted molar refractivity (Wildman–Crippen MR) is 139 cm³/mol. The Morgan fingerprint density at radius 3 is 2.69 bits per heavy atom. The van der Waals surface area contributed by atoms with Gasteiger partial charge in [-0.15, -0.1) is 0 Å². The number of nitrogens with two attached hydrogens (primary N) is 1. The summed E-state index contributed by atoms with van der Waals surface area (Å²) in [6, 6.07) is 3.68. The maximum absolute atomic E-state index is 12.2. The van der Waals surface area contributed by atoms with Crippen LogP contribution >= 0.6 is 0 Å². The van der Waals surface area contributed by atoms with Crippen LogP contribution in [0.1, 0.15) is 68.6 Å². The van der Waals surface area contributed by atoms with Gasteiger partial charge in [-0.05, 0) is 71.9 Å². The first-order valence-corrected chi connectivity index (χ1v) is 12.7. The van der Waals surface area contributed by atoms with Crippen molar-refractivity contribution in [2.24, 2.45) is 5.73 Å². The molecule has 0 spiro atoms. The first-order valence-electron chi connectivity index (χ1n) is 12.7. The summed E-state index contributed by atoms with van der Waals surface area (Å²) in [6.07, 6.45) is 4.34. The summed E-state index contributed by atoms with van der Waals surface area (Å²) in [4.78, 5) is 28.8. The van der Waals surface area contributed by atoms with E-state index in [0.717, 1.165) is 56.1 Å². The van der Waals surface area contributed by atoms with Crippen molar-refractivity contribution in [1.29, 1.82) is 0 Å². The molecule has 0 unspecified atom stereocenters. The van der Waals surface area contributed by atoms with Gasteiger partial charge >= 0.3 is 5.97 Å². The Morgan fingerprint density at radius 1 is 1.23 bits per heavy atom. The monoisotopic (exact) mass is 481 g/mol. The van der Waals surface area contributed by atoms with Crippen LogP contribution in [-0.4, -0.2) is 58.7 Å². The minimum atomic E-state index is -0.776. The summed E-state index contributed by atoms with van der Waals surface area (Å²) in [5, 5.41) is 6.69. The summed E-state index contributed by atoms with van der Waals surface area (Å²) in [7, 11) is 0. The van der Waals surface area contributed by atoms with Gasteiger partial charge in [0.25, 0.3) is 0 Å². The Labute approximate surface area is 208 Å². The van der Waals surface area contributed by atoms with Crippen LogP contribution in [0.3, 0.4) is 0 Å². The van der Waals surface area contributed by atoms with E-state index in [0.29, 0.717) is 17.6 Å². The van der Waals surface area contributed by atoms with Crippen molar-refractivity contribution >= 4 is 23.4 Å². The van der Waals surface area contributed by atoms with E-state index < -0.39 is 17.6 Å². The molecule has 2 aromatic heterocycles. The predicted octanol–water partition coefficient (Wildman–Crippen LogP) is 3.31. The van der Waals surface area contributed by atoms with Crippen LogP contribution < -0.4 is 21.3 Å². The molecule has 0 saturated carbocycles. The van der Waals surface area contributed by atoms with E-state index in [-0.39, 0.29) is 6.54 Å². The van der Waals surface area contributed by atoms with Gasteiger partial charge in [0.15, 0.2) is 0 Å². The van der Waals surface area contributed by atoms with Crippen molar-refractivity contribution in [3.05, 3.63) is 34.8 Å². The summed E-state index contributed by atoms with van der Waals surface area (Å²) in [6.45, 7) is 12.5. The van der Waals surface area contributed by atoms with Gasteiger partial charge in [-0.1, -0.05) is 6.07 Å². The molecule has 2 aromatic rings. The highest BCUT2D eigenvalue weighted by molar-refractivity contribution is 5.76. The second-order valence-corrected chi connectivity index (χ2v) is 10.6. The van der Waals surface area contributed by atoms with E-state index >= 15 is 0 Å². The number of anilines is 3. The zero-order valence-corrected chi connectivity index (χ0v) is 21.6. The van der Waals surface area contributed by atoms with Crippen molar-refractivity contribution in [3.63, 3.8) is 0 Å². The highest BCUT2D eigenvalue weighted by atomic mass is 16.6. The lowest BCUT2D eigenvalue weighted by atomic mass is 9.92. The number of hydrogen-bond donors (Lipinski definition) is 3. The maximum Gasteiger partial charge on any atom is 0.325 e. The fourth-order valence-electron chi connectivity index (χ4n) is 4.72. The SMILES string of the molecule is Cc1nc(NC[C@H](N)C(=O)OC(C)(C)C)c(C)c(N2CCC(c3ccc4c(n3)NCCC4)CC2)n1. The number of carbonyl (C=O) groups is 1. The number of pyridine rings is 1. The molecule has 0 aromatic carbocycles. The summed E-state index contributed by atoms with van der Waals surface area (Å²) in [5.74, 6) is 3.41. The molecule has 0 amide bonds. The van der Waals surface area contributed by atoms with Crippen LogP contribution in [0, 0.1) is 13.8 Å². The van der Waals surface area contributed by atoms with E-state index in [1.165, 1.54) is 17.7 Å². The molecule has 1 saturated heterocycles. The molecular weight excluding hydrogens is 442 g/mol. The lowest BCUT2D eigenvalue weighted by molar-refractivity contribution is -0.156. The Balaban J connectivity index is 1.39. The maximum atomic E-state index is 12.2. The number of aromatic nitrogens is 3. The van der Waals surface area contributed by atoms with E-state index in [4.69, 9.17) is 20.4 Å². The third-order valence-corrected chi connectivity index (χ3v) is 6.56. The first kappa shape index (κ1) is 25.2. The van der Waals surface area contributed by atoms with Gasteiger partial charge in [0.05, 0.1) is 0 Å². The van der Waals surface area contributed by atoms with Gasteiger partial charge in [-0.2, -0.15) is 0 Å². The van der Waals surface area contributed by atoms with E-state index in [9.17, 15) is 4.79 Å². The molecule has 35 heavy (non-hydrogen) atoms. The van der Waals surface area contributed by atoms with E-state index in [1.807, 2.05) is 34.6 Å². The molecule has 2 aliphatic heterocycles. The Hall–Kier alpha value is -2.94. The van der Waals surface area contributed by atoms with Crippen LogP contribution in [-0.2, 0) is 16.0 Å². The second kappa shape index (κ2) is 10.4. The van der Waals surface area contributed by atoms with Gasteiger partial charge in [0.2, 0.25) is 0 Å². The Kier molecular flexibility index (Phi) is 7.44. The number of hydrogen-bond acceptors (Lipinski definition) is 9. The van der Waals surface area contributed by atoms with Crippen LogP contribution in [0.2, 0.25) is 0 Å². The largest absolute Gasteiger partial charge is 0.459 e. The summed E-state index contributed by atoms with van der Waals surface area (Å²) >= 11 is 0. The lowest BCUT2D eigenvalue weighted by Gasteiger charge is -2.34. The summed E-state index contributed by atoms with van der Waals surface area (Å²) < 4.78 is 5.38. The quantitative estimate of drug-likeness (QED) is 0.534. The van der Waals surface area contributed by atoms with Crippen molar-refractivity contribution < 1.29 is 9.53 Å². The molecule has 190 valence electrons. The Morgan fingerprint density at radius 2 is 1.97 bits per heavy atom. The average Bonchev–Trinajstić information content (AvgIpc) is 2.83. The molecule has 2 aliphatic rings. The van der Waals surface area contributed by atoms with E-state index in [1.54, 1.807) is 0 Å². The fraction of sp³-hybridized carbons (Fsp3) is 0.615. The number of esters is 1. The third kappa shape index (κ3) is 6.20. The molecule has 4 N–H and O–H groups in total. The van der Waals surface area contributed by atoms with Crippen molar-refractivity contribution in [3.8, 4) is 0 Å². The molecule has 9 heteroatoms. The van der Waals surface area contributed by atoms with Crippen molar-refractivity contribution in [2.45, 2.75) is 77.9 Å². The minimum absolute atomic E-state index is 0.242. The standard InChI is InChI=1S/C26H39N7O2/c1-16-22(29-15-20(27)25(34)35-26(3,4)5)30-17(2)31-24(16)33-13-10-18(11-14-33)21-9-8-19-7-6-12-28-23(19)32-21/h8-9,18,20H,6-7,10-15,27H2,1-5H3,(H,28,32)(H,29,30,31)/t20-/m0/s1. The lowest BCUT2D eigenvalue weighted by Crippen LogP contribution is -2.42. The number of nitrogens with zero attached hydrogens (tertiary/aromatic N) is 4. The van der Waals surface area contributed by atoms with Gasteiger partial charge in [-0.3, -0.25) is 4.79 Å². The minimum Gasteiger partial charge on any atom is -0.459 e. The number of ether oxygens (including phenoxy) is 1.